The van der Waals surface area contributed by atoms with E-state index >= 15 is 0 Å². The number of hydrogen-bond acceptors (Lipinski definition) is 3. The Morgan fingerprint density at radius 1 is 1.38 bits per heavy atom. The number of rotatable bonds is 2. The quantitative estimate of drug-likeness (QED) is 0.830. The van der Waals surface area contributed by atoms with E-state index in [1.807, 2.05) is 0 Å². The van der Waals surface area contributed by atoms with Crippen LogP contribution in [0.15, 0.2) is 36.4 Å². The minimum Gasteiger partial charge on any atom is -0.384 e. The van der Waals surface area contributed by atoms with Crippen LogP contribution in [0.1, 0.15) is 21.6 Å². The maximum absolute atomic E-state index is 13.2. The first kappa shape index (κ1) is 14.7. The van der Waals surface area contributed by atoms with E-state index in [4.69, 9.17) is 5.11 Å². The second-order valence-electron chi connectivity index (χ2n) is 4.29. The minimum atomic E-state index is -0.377. The number of nitrogens with one attached hydrogen (secondary N) is 1. The lowest BCUT2D eigenvalue weighted by Gasteiger charge is -2.06. The van der Waals surface area contributed by atoms with Gasteiger partial charge in [-0.15, -0.1) is 0 Å². The van der Waals surface area contributed by atoms with Gasteiger partial charge in [0.1, 0.15) is 23.9 Å². The first-order valence-corrected chi connectivity index (χ1v) is 6.24. The molecule has 2 aromatic rings. The molecule has 0 atom stereocenters. The number of pyridine rings is 1. The molecule has 2 N–H and O–H groups in total. The Morgan fingerprint density at radius 3 is 2.90 bits per heavy atom. The average Bonchev–Trinajstić information content (AvgIpc) is 2.48. The Bertz CT molecular complexity index is 733. The van der Waals surface area contributed by atoms with Crippen LogP contribution in [0.25, 0.3) is 0 Å². The second-order valence-corrected chi connectivity index (χ2v) is 4.29. The van der Waals surface area contributed by atoms with Crippen molar-refractivity contribution < 1.29 is 14.3 Å². The normalized spacial score (nSPS) is 9.67. The SMILES string of the molecule is Cc1cc(C(=O)Nc2cccc(C#CCO)n2)ccc1F. The van der Waals surface area contributed by atoms with Gasteiger partial charge < -0.3 is 10.4 Å². The van der Waals surface area contributed by atoms with Crippen LogP contribution in [0.4, 0.5) is 10.2 Å². The third-order valence-corrected chi connectivity index (χ3v) is 2.71. The summed E-state index contributed by atoms with van der Waals surface area (Å²) in [4.78, 5) is 16.2. The molecule has 2 rings (SSSR count). The zero-order valence-corrected chi connectivity index (χ0v) is 11.4. The molecular formula is C16H13FN2O2. The molecule has 0 saturated heterocycles. The van der Waals surface area contributed by atoms with Gasteiger partial charge >= 0.3 is 0 Å². The van der Waals surface area contributed by atoms with E-state index in [0.717, 1.165) is 0 Å². The summed E-state index contributed by atoms with van der Waals surface area (Å²) in [6, 6.07) is 9.12. The molecular weight excluding hydrogens is 271 g/mol. The molecule has 1 aromatic carbocycles. The number of halogens is 1. The van der Waals surface area contributed by atoms with Crippen molar-refractivity contribution in [2.24, 2.45) is 0 Å². The number of nitrogens with zero attached hydrogens (tertiary/aromatic N) is 1. The first-order valence-electron chi connectivity index (χ1n) is 6.24. The Kier molecular flexibility index (Phi) is 4.64. The molecule has 106 valence electrons. The molecule has 1 aromatic heterocycles. The van der Waals surface area contributed by atoms with Gasteiger partial charge in [-0.1, -0.05) is 12.0 Å². The van der Waals surface area contributed by atoms with Crippen LogP contribution in [0.3, 0.4) is 0 Å². The number of aliphatic hydroxyl groups excluding tert-OH is 1. The lowest BCUT2D eigenvalue weighted by atomic mass is 10.1. The topological polar surface area (TPSA) is 62.2 Å². The highest BCUT2D eigenvalue weighted by atomic mass is 19.1. The average molecular weight is 284 g/mol. The van der Waals surface area contributed by atoms with Crippen molar-refractivity contribution in [1.29, 1.82) is 0 Å². The van der Waals surface area contributed by atoms with Gasteiger partial charge in [-0.2, -0.15) is 0 Å². The van der Waals surface area contributed by atoms with Crippen LogP contribution in [0.5, 0.6) is 0 Å². The van der Waals surface area contributed by atoms with E-state index in [1.165, 1.54) is 18.2 Å². The van der Waals surface area contributed by atoms with Crippen LogP contribution in [-0.4, -0.2) is 22.6 Å². The summed E-state index contributed by atoms with van der Waals surface area (Å²) < 4.78 is 13.2. The van der Waals surface area contributed by atoms with Gasteiger partial charge in [-0.05, 0) is 48.7 Å². The number of hydrogen-bond donors (Lipinski definition) is 2. The highest BCUT2D eigenvalue weighted by molar-refractivity contribution is 6.03. The lowest BCUT2D eigenvalue weighted by molar-refractivity contribution is 0.102. The third-order valence-electron chi connectivity index (χ3n) is 2.71. The number of anilines is 1. The van der Waals surface area contributed by atoms with Gasteiger partial charge in [0.15, 0.2) is 0 Å². The van der Waals surface area contributed by atoms with Crippen molar-refractivity contribution in [2.45, 2.75) is 6.92 Å². The highest BCUT2D eigenvalue weighted by Gasteiger charge is 2.08. The first-order chi connectivity index (χ1) is 10.1. The van der Waals surface area contributed by atoms with E-state index in [2.05, 4.69) is 22.1 Å². The maximum Gasteiger partial charge on any atom is 0.256 e. The van der Waals surface area contributed by atoms with Crippen LogP contribution >= 0.6 is 0 Å². The van der Waals surface area contributed by atoms with E-state index in [9.17, 15) is 9.18 Å². The fourth-order valence-electron chi connectivity index (χ4n) is 1.68. The summed E-state index contributed by atoms with van der Waals surface area (Å²) >= 11 is 0. The van der Waals surface area contributed by atoms with Crippen LogP contribution < -0.4 is 5.32 Å². The Labute approximate surface area is 121 Å². The smallest absolute Gasteiger partial charge is 0.256 e. The number of benzene rings is 1. The molecule has 0 saturated carbocycles. The number of carbonyl (C=O) groups excluding carboxylic acids is 1. The summed E-state index contributed by atoms with van der Waals surface area (Å²) in [5.74, 6) is 4.74. The van der Waals surface area contributed by atoms with Crippen molar-refractivity contribution in [3.63, 3.8) is 0 Å². The molecule has 5 heteroatoms. The summed E-state index contributed by atoms with van der Waals surface area (Å²) in [5, 5.41) is 11.3. The molecule has 0 aliphatic carbocycles. The molecule has 0 aliphatic heterocycles. The predicted molar refractivity (Wildman–Crippen MR) is 77.3 cm³/mol. The monoisotopic (exact) mass is 284 g/mol. The van der Waals surface area contributed by atoms with Gasteiger partial charge in [0.25, 0.3) is 5.91 Å². The molecule has 0 spiro atoms. The second kappa shape index (κ2) is 6.64. The predicted octanol–water partition coefficient (Wildman–Crippen LogP) is 2.13. The molecule has 0 radical (unpaired) electrons. The highest BCUT2D eigenvalue weighted by Crippen LogP contribution is 2.11. The maximum atomic E-state index is 13.2. The number of aromatic nitrogens is 1. The largest absolute Gasteiger partial charge is 0.384 e. The van der Waals surface area contributed by atoms with Gasteiger partial charge in [0, 0.05) is 5.56 Å². The van der Waals surface area contributed by atoms with E-state index in [-0.39, 0.29) is 18.3 Å². The van der Waals surface area contributed by atoms with E-state index < -0.39 is 0 Å². The molecule has 21 heavy (non-hydrogen) atoms. The Morgan fingerprint density at radius 2 is 2.19 bits per heavy atom. The number of amides is 1. The van der Waals surface area contributed by atoms with Crippen LogP contribution in [0, 0.1) is 24.6 Å². The number of carbonyl (C=O) groups is 1. The molecule has 0 bridgehead atoms. The molecule has 1 heterocycles. The fraction of sp³-hybridized carbons (Fsp3) is 0.125. The zero-order valence-electron chi connectivity index (χ0n) is 11.4. The molecule has 1 amide bonds. The lowest BCUT2D eigenvalue weighted by Crippen LogP contribution is -2.13. The molecule has 0 fully saturated rings. The van der Waals surface area contributed by atoms with E-state index in [0.29, 0.717) is 22.6 Å². The van der Waals surface area contributed by atoms with Crippen LogP contribution in [0.2, 0.25) is 0 Å². The van der Waals surface area contributed by atoms with Gasteiger partial charge in [-0.25, -0.2) is 9.37 Å². The summed E-state index contributed by atoms with van der Waals surface area (Å²) in [7, 11) is 0. The van der Waals surface area contributed by atoms with Crippen molar-refractivity contribution >= 4 is 11.7 Å². The summed E-state index contributed by atoms with van der Waals surface area (Å²) in [5.41, 5.74) is 1.19. The Balaban J connectivity index is 2.17. The van der Waals surface area contributed by atoms with Gasteiger partial charge in [0.2, 0.25) is 0 Å². The molecule has 4 nitrogen and oxygen atoms in total. The van der Waals surface area contributed by atoms with E-state index in [1.54, 1.807) is 25.1 Å². The van der Waals surface area contributed by atoms with Crippen molar-refractivity contribution in [3.8, 4) is 11.8 Å². The molecule has 0 aliphatic rings. The van der Waals surface area contributed by atoms with Crippen molar-refractivity contribution in [3.05, 3.63) is 59.0 Å². The van der Waals surface area contributed by atoms with Crippen molar-refractivity contribution in [1.82, 2.24) is 4.98 Å². The number of aryl methyl sites for hydroxylation is 1. The third kappa shape index (κ3) is 3.88. The standard InChI is InChI=1S/C16H13FN2O2/c1-11-10-12(7-8-14(11)17)16(21)19-15-6-2-4-13(18-15)5-3-9-20/h2,4,6-8,10,20H,9H2,1H3,(H,18,19,21). The van der Waals surface area contributed by atoms with Gasteiger partial charge in [-0.3, -0.25) is 4.79 Å². The molecule has 0 unspecified atom stereocenters. The summed E-state index contributed by atoms with van der Waals surface area (Å²) in [6.45, 7) is 1.34. The number of aliphatic hydroxyl groups is 1. The van der Waals surface area contributed by atoms with Crippen molar-refractivity contribution in [2.75, 3.05) is 11.9 Å². The zero-order chi connectivity index (χ0) is 15.2. The Hall–Kier alpha value is -2.71. The van der Waals surface area contributed by atoms with Crippen LogP contribution in [-0.2, 0) is 0 Å². The van der Waals surface area contributed by atoms with Gasteiger partial charge in [0.05, 0.1) is 0 Å². The fourth-order valence-corrected chi connectivity index (χ4v) is 1.68. The minimum absolute atomic E-state index is 0.257. The summed E-state index contributed by atoms with van der Waals surface area (Å²) in [6.07, 6.45) is 0.